The standard InChI is InChI=1S/C13H17ClN2O/c1-16(12(17)13(15)7-2-8-13)9-10-3-5-11(14)6-4-10/h3-6H,2,7-9,15H2,1H3. The van der Waals surface area contributed by atoms with Gasteiger partial charge in [-0.15, -0.1) is 0 Å². The van der Waals surface area contributed by atoms with Crippen LogP contribution in [0.15, 0.2) is 24.3 Å². The Morgan fingerprint density at radius 2 is 2.00 bits per heavy atom. The van der Waals surface area contributed by atoms with Crippen molar-refractivity contribution in [2.24, 2.45) is 5.73 Å². The minimum atomic E-state index is -0.610. The number of hydrogen-bond acceptors (Lipinski definition) is 2. The second-order valence-electron chi connectivity index (χ2n) is 4.80. The van der Waals surface area contributed by atoms with Gasteiger partial charge in [0.15, 0.2) is 0 Å². The van der Waals surface area contributed by atoms with Gasteiger partial charge in [-0.1, -0.05) is 23.7 Å². The number of likely N-dealkylation sites (N-methyl/N-ethyl adjacent to an activating group) is 1. The lowest BCUT2D eigenvalue weighted by Gasteiger charge is -2.39. The second-order valence-corrected chi connectivity index (χ2v) is 5.23. The first kappa shape index (κ1) is 12.4. The Labute approximate surface area is 107 Å². The molecule has 1 amide bonds. The number of carbonyl (C=O) groups is 1. The van der Waals surface area contributed by atoms with Gasteiger partial charge in [0.25, 0.3) is 0 Å². The van der Waals surface area contributed by atoms with E-state index in [1.807, 2.05) is 24.3 Å². The summed E-state index contributed by atoms with van der Waals surface area (Å²) < 4.78 is 0. The molecule has 2 rings (SSSR count). The summed E-state index contributed by atoms with van der Waals surface area (Å²) in [5.41, 5.74) is 6.47. The molecule has 1 saturated carbocycles. The molecule has 0 saturated heterocycles. The quantitative estimate of drug-likeness (QED) is 0.896. The monoisotopic (exact) mass is 252 g/mol. The molecule has 2 N–H and O–H groups in total. The van der Waals surface area contributed by atoms with Crippen LogP contribution in [0.2, 0.25) is 5.02 Å². The van der Waals surface area contributed by atoms with Crippen LogP contribution in [0.3, 0.4) is 0 Å². The van der Waals surface area contributed by atoms with E-state index < -0.39 is 5.54 Å². The molecule has 1 aliphatic carbocycles. The maximum atomic E-state index is 12.1. The van der Waals surface area contributed by atoms with Gasteiger partial charge in [0.05, 0.1) is 5.54 Å². The number of halogens is 1. The van der Waals surface area contributed by atoms with Crippen molar-refractivity contribution in [3.05, 3.63) is 34.9 Å². The van der Waals surface area contributed by atoms with E-state index in [2.05, 4.69) is 0 Å². The summed E-state index contributed by atoms with van der Waals surface area (Å²) in [4.78, 5) is 13.8. The highest BCUT2D eigenvalue weighted by molar-refractivity contribution is 6.30. The van der Waals surface area contributed by atoms with Crippen LogP contribution in [0.4, 0.5) is 0 Å². The van der Waals surface area contributed by atoms with Gasteiger partial charge in [-0.2, -0.15) is 0 Å². The smallest absolute Gasteiger partial charge is 0.242 e. The van der Waals surface area contributed by atoms with Crippen molar-refractivity contribution < 1.29 is 4.79 Å². The van der Waals surface area contributed by atoms with Crippen molar-refractivity contribution in [2.45, 2.75) is 31.3 Å². The molecule has 4 heteroatoms. The van der Waals surface area contributed by atoms with Crippen LogP contribution in [-0.2, 0) is 11.3 Å². The van der Waals surface area contributed by atoms with Gasteiger partial charge in [0.1, 0.15) is 0 Å². The molecule has 0 aliphatic heterocycles. The molecule has 92 valence electrons. The first-order chi connectivity index (χ1) is 8.01. The van der Waals surface area contributed by atoms with Gasteiger partial charge in [-0.25, -0.2) is 0 Å². The third kappa shape index (κ3) is 2.61. The lowest BCUT2D eigenvalue weighted by molar-refractivity contribution is -0.139. The van der Waals surface area contributed by atoms with Gasteiger partial charge in [0, 0.05) is 18.6 Å². The fourth-order valence-electron chi connectivity index (χ4n) is 2.09. The molecule has 0 unspecified atom stereocenters. The molecule has 0 heterocycles. The first-order valence-electron chi connectivity index (χ1n) is 5.80. The Kier molecular flexibility index (Phi) is 3.40. The maximum absolute atomic E-state index is 12.1. The van der Waals surface area contributed by atoms with Gasteiger partial charge in [-0.3, -0.25) is 4.79 Å². The summed E-state index contributed by atoms with van der Waals surface area (Å²) in [7, 11) is 1.80. The number of hydrogen-bond donors (Lipinski definition) is 1. The molecular weight excluding hydrogens is 236 g/mol. The van der Waals surface area contributed by atoms with E-state index in [4.69, 9.17) is 17.3 Å². The zero-order valence-electron chi connectivity index (χ0n) is 9.95. The van der Waals surface area contributed by atoms with Crippen molar-refractivity contribution in [1.29, 1.82) is 0 Å². The average molecular weight is 253 g/mol. The van der Waals surface area contributed by atoms with Crippen molar-refractivity contribution in [3.63, 3.8) is 0 Å². The normalized spacial score (nSPS) is 17.4. The Bertz CT molecular complexity index is 412. The van der Waals surface area contributed by atoms with Crippen LogP contribution < -0.4 is 5.73 Å². The van der Waals surface area contributed by atoms with Gasteiger partial charge < -0.3 is 10.6 Å². The van der Waals surface area contributed by atoms with Crippen LogP contribution in [0.25, 0.3) is 0 Å². The molecule has 0 bridgehead atoms. The Morgan fingerprint density at radius 3 is 2.47 bits per heavy atom. The van der Waals surface area contributed by atoms with Gasteiger partial charge in [-0.05, 0) is 37.0 Å². The number of carbonyl (C=O) groups excluding carboxylic acids is 1. The molecule has 1 aromatic carbocycles. The highest BCUT2D eigenvalue weighted by atomic mass is 35.5. The SMILES string of the molecule is CN(Cc1ccc(Cl)cc1)C(=O)C1(N)CCC1. The third-order valence-electron chi connectivity index (χ3n) is 3.35. The summed E-state index contributed by atoms with van der Waals surface area (Å²) >= 11 is 5.81. The van der Waals surface area contributed by atoms with E-state index in [1.54, 1.807) is 11.9 Å². The Hall–Kier alpha value is -1.06. The van der Waals surface area contributed by atoms with Crippen molar-refractivity contribution in [1.82, 2.24) is 4.90 Å². The number of nitrogens with two attached hydrogens (primary N) is 1. The minimum absolute atomic E-state index is 0.0405. The third-order valence-corrected chi connectivity index (χ3v) is 3.60. The van der Waals surface area contributed by atoms with Crippen LogP contribution in [0.5, 0.6) is 0 Å². The second kappa shape index (κ2) is 4.67. The van der Waals surface area contributed by atoms with E-state index >= 15 is 0 Å². The average Bonchev–Trinajstić information content (AvgIpc) is 2.28. The largest absolute Gasteiger partial charge is 0.340 e. The summed E-state index contributed by atoms with van der Waals surface area (Å²) in [6.45, 7) is 0.578. The summed E-state index contributed by atoms with van der Waals surface area (Å²) in [6, 6.07) is 7.51. The van der Waals surface area contributed by atoms with Crippen LogP contribution >= 0.6 is 11.6 Å². The van der Waals surface area contributed by atoms with Crippen LogP contribution in [0.1, 0.15) is 24.8 Å². The Balaban J connectivity index is 1.99. The molecule has 1 fully saturated rings. The number of rotatable bonds is 3. The topological polar surface area (TPSA) is 46.3 Å². The summed E-state index contributed by atoms with van der Waals surface area (Å²) in [5.74, 6) is 0.0405. The maximum Gasteiger partial charge on any atom is 0.242 e. The lowest BCUT2D eigenvalue weighted by atomic mass is 9.76. The zero-order valence-corrected chi connectivity index (χ0v) is 10.7. The highest BCUT2D eigenvalue weighted by Crippen LogP contribution is 2.31. The van der Waals surface area contributed by atoms with Gasteiger partial charge in [0.2, 0.25) is 5.91 Å². The fraction of sp³-hybridized carbons (Fsp3) is 0.462. The zero-order chi connectivity index (χ0) is 12.5. The van der Waals surface area contributed by atoms with Crippen LogP contribution in [-0.4, -0.2) is 23.4 Å². The molecule has 0 atom stereocenters. The van der Waals surface area contributed by atoms with Crippen molar-refractivity contribution >= 4 is 17.5 Å². The van der Waals surface area contributed by atoms with Gasteiger partial charge >= 0.3 is 0 Å². The predicted molar refractivity (Wildman–Crippen MR) is 68.7 cm³/mol. The van der Waals surface area contributed by atoms with E-state index in [-0.39, 0.29) is 5.91 Å². The van der Waals surface area contributed by atoms with E-state index in [0.717, 1.165) is 24.8 Å². The molecule has 1 aliphatic rings. The highest BCUT2D eigenvalue weighted by Gasteiger charge is 2.41. The number of nitrogens with zero attached hydrogens (tertiary/aromatic N) is 1. The number of amides is 1. The summed E-state index contributed by atoms with van der Waals surface area (Å²) in [5, 5.41) is 0.706. The molecule has 3 nitrogen and oxygen atoms in total. The lowest BCUT2D eigenvalue weighted by Crippen LogP contribution is -2.58. The fourth-order valence-corrected chi connectivity index (χ4v) is 2.21. The number of benzene rings is 1. The first-order valence-corrected chi connectivity index (χ1v) is 6.18. The van der Waals surface area contributed by atoms with E-state index in [9.17, 15) is 4.79 Å². The molecule has 0 spiro atoms. The van der Waals surface area contributed by atoms with E-state index in [0.29, 0.717) is 11.6 Å². The predicted octanol–water partition coefficient (Wildman–Crippen LogP) is 2.18. The minimum Gasteiger partial charge on any atom is -0.340 e. The van der Waals surface area contributed by atoms with Crippen molar-refractivity contribution in [2.75, 3.05) is 7.05 Å². The molecule has 17 heavy (non-hydrogen) atoms. The van der Waals surface area contributed by atoms with Crippen molar-refractivity contribution in [3.8, 4) is 0 Å². The molecule has 1 aromatic rings. The summed E-state index contributed by atoms with van der Waals surface area (Å²) in [6.07, 6.45) is 2.66. The van der Waals surface area contributed by atoms with Crippen LogP contribution in [0, 0.1) is 0 Å². The molecule has 0 radical (unpaired) electrons. The Morgan fingerprint density at radius 1 is 1.41 bits per heavy atom. The molecular formula is C13H17ClN2O. The van der Waals surface area contributed by atoms with E-state index in [1.165, 1.54) is 0 Å². The molecule has 0 aromatic heterocycles.